The zero-order valence-corrected chi connectivity index (χ0v) is 18.5. The summed E-state index contributed by atoms with van der Waals surface area (Å²) >= 11 is 7.40. The number of halogens is 1. The Balaban J connectivity index is 1.82. The lowest BCUT2D eigenvalue weighted by Gasteiger charge is -2.31. The number of amidine groups is 1. The van der Waals surface area contributed by atoms with E-state index in [1.54, 1.807) is 30.2 Å². The molecule has 1 saturated heterocycles. The normalized spacial score (nSPS) is 17.8. The van der Waals surface area contributed by atoms with Crippen molar-refractivity contribution in [2.24, 2.45) is 4.99 Å². The molecule has 1 N–H and O–H groups in total. The number of aliphatic imine (C=N–C) groups is 1. The molecule has 1 unspecified atom stereocenters. The van der Waals surface area contributed by atoms with Crippen LogP contribution in [0.4, 0.5) is 5.69 Å². The Morgan fingerprint density at radius 1 is 1.30 bits per heavy atom. The van der Waals surface area contributed by atoms with E-state index in [9.17, 15) is 9.59 Å². The van der Waals surface area contributed by atoms with Crippen molar-refractivity contribution in [2.75, 3.05) is 20.2 Å². The first-order valence-corrected chi connectivity index (χ1v) is 11.0. The summed E-state index contributed by atoms with van der Waals surface area (Å²) in [6.07, 6.45) is 0.810. The number of ether oxygens (including phenoxy) is 1. The molecule has 158 valence electrons. The van der Waals surface area contributed by atoms with Gasteiger partial charge in [0.2, 0.25) is 11.8 Å². The monoisotopic (exact) mass is 445 g/mol. The Labute approximate surface area is 185 Å². The third-order valence-corrected chi connectivity index (χ3v) is 6.02. The molecule has 8 heteroatoms. The van der Waals surface area contributed by atoms with Gasteiger partial charge in [0.15, 0.2) is 5.17 Å². The highest BCUT2D eigenvalue weighted by Gasteiger charge is 2.35. The van der Waals surface area contributed by atoms with E-state index in [0.29, 0.717) is 35.4 Å². The van der Waals surface area contributed by atoms with Crippen LogP contribution < -0.4 is 10.1 Å². The first-order chi connectivity index (χ1) is 14.5. The van der Waals surface area contributed by atoms with Crippen molar-refractivity contribution in [2.45, 2.75) is 25.0 Å². The minimum Gasteiger partial charge on any atom is -0.497 e. The fraction of sp³-hybridized carbons (Fsp3) is 0.318. The van der Waals surface area contributed by atoms with Crippen LogP contribution in [0.2, 0.25) is 5.02 Å². The Kier molecular flexibility index (Phi) is 7.76. The van der Waals surface area contributed by atoms with Crippen LogP contribution in [-0.2, 0) is 16.0 Å². The largest absolute Gasteiger partial charge is 0.497 e. The molecule has 1 heterocycles. The van der Waals surface area contributed by atoms with Crippen LogP contribution in [0, 0.1) is 0 Å². The van der Waals surface area contributed by atoms with E-state index in [4.69, 9.17) is 16.3 Å². The van der Waals surface area contributed by atoms with Gasteiger partial charge in [0.1, 0.15) is 5.75 Å². The van der Waals surface area contributed by atoms with Gasteiger partial charge in [-0.05, 0) is 49.2 Å². The van der Waals surface area contributed by atoms with Gasteiger partial charge < -0.3 is 10.1 Å². The highest BCUT2D eigenvalue weighted by molar-refractivity contribution is 8.15. The molecule has 0 saturated carbocycles. The second kappa shape index (κ2) is 10.5. The topological polar surface area (TPSA) is 71.0 Å². The first kappa shape index (κ1) is 22.2. The molecule has 0 aliphatic carbocycles. The summed E-state index contributed by atoms with van der Waals surface area (Å²) in [4.78, 5) is 31.6. The molecule has 1 fully saturated rings. The lowest BCUT2D eigenvalue weighted by molar-refractivity contribution is -0.130. The Bertz CT molecular complexity index is 933. The summed E-state index contributed by atoms with van der Waals surface area (Å²) in [5.41, 5.74) is 1.73. The van der Waals surface area contributed by atoms with Crippen LogP contribution >= 0.6 is 23.4 Å². The summed E-state index contributed by atoms with van der Waals surface area (Å²) in [7, 11) is 1.63. The van der Waals surface area contributed by atoms with E-state index in [1.807, 2.05) is 37.3 Å². The molecule has 0 spiro atoms. The number of rotatable bonds is 7. The molecular weight excluding hydrogens is 422 g/mol. The molecule has 3 rings (SSSR count). The van der Waals surface area contributed by atoms with Gasteiger partial charge in [-0.1, -0.05) is 41.6 Å². The van der Waals surface area contributed by atoms with Crippen molar-refractivity contribution in [3.63, 3.8) is 0 Å². The molecule has 2 aromatic rings. The highest BCUT2D eigenvalue weighted by atomic mass is 35.5. The van der Waals surface area contributed by atoms with E-state index < -0.39 is 5.25 Å². The maximum atomic E-state index is 12.9. The van der Waals surface area contributed by atoms with E-state index in [1.165, 1.54) is 11.8 Å². The number of nitrogens with one attached hydrogen (secondary N) is 1. The predicted molar refractivity (Wildman–Crippen MR) is 122 cm³/mol. The van der Waals surface area contributed by atoms with Crippen LogP contribution in [0.3, 0.4) is 0 Å². The maximum Gasteiger partial charge on any atom is 0.234 e. The third-order valence-electron chi connectivity index (χ3n) is 4.60. The van der Waals surface area contributed by atoms with E-state index >= 15 is 0 Å². The fourth-order valence-electron chi connectivity index (χ4n) is 3.04. The summed E-state index contributed by atoms with van der Waals surface area (Å²) in [5.74, 6) is 0.528. The highest BCUT2D eigenvalue weighted by Crippen LogP contribution is 2.30. The molecule has 0 aromatic heterocycles. The zero-order valence-electron chi connectivity index (χ0n) is 16.9. The number of carbonyl (C=O) groups excluding carboxylic acids is 2. The number of nitrogens with zero attached hydrogens (tertiary/aromatic N) is 2. The third kappa shape index (κ3) is 5.77. The van der Waals surface area contributed by atoms with Crippen LogP contribution in [0.15, 0.2) is 53.5 Å². The summed E-state index contributed by atoms with van der Waals surface area (Å²) in [6, 6.07) is 14.9. The molecule has 1 aliphatic rings. The van der Waals surface area contributed by atoms with Crippen molar-refractivity contribution in [1.29, 1.82) is 0 Å². The van der Waals surface area contributed by atoms with E-state index in [0.717, 1.165) is 11.3 Å². The number of carbonyl (C=O) groups is 2. The minimum atomic E-state index is -0.493. The number of benzene rings is 2. The second-order valence-corrected chi connectivity index (χ2v) is 8.33. The molecule has 30 heavy (non-hydrogen) atoms. The molecule has 2 amide bonds. The summed E-state index contributed by atoms with van der Waals surface area (Å²) < 4.78 is 5.19. The quantitative estimate of drug-likeness (QED) is 0.697. The number of hydrogen-bond acceptors (Lipinski definition) is 5. The molecule has 1 aliphatic heterocycles. The first-order valence-electron chi connectivity index (χ1n) is 9.72. The van der Waals surface area contributed by atoms with Crippen LogP contribution in [0.25, 0.3) is 0 Å². The van der Waals surface area contributed by atoms with Crippen molar-refractivity contribution >= 4 is 46.0 Å². The van der Waals surface area contributed by atoms with Gasteiger partial charge in [0.25, 0.3) is 0 Å². The molecule has 6 nitrogen and oxygen atoms in total. The smallest absolute Gasteiger partial charge is 0.234 e. The maximum absolute atomic E-state index is 12.9. The Morgan fingerprint density at radius 2 is 2.07 bits per heavy atom. The van der Waals surface area contributed by atoms with E-state index in [2.05, 4.69) is 10.3 Å². The van der Waals surface area contributed by atoms with Crippen molar-refractivity contribution in [3.8, 4) is 5.75 Å². The molecule has 0 radical (unpaired) electrons. The van der Waals surface area contributed by atoms with Gasteiger partial charge >= 0.3 is 0 Å². The van der Waals surface area contributed by atoms with E-state index in [-0.39, 0.29) is 18.2 Å². The fourth-order valence-corrected chi connectivity index (χ4v) is 4.37. The van der Waals surface area contributed by atoms with Crippen molar-refractivity contribution in [1.82, 2.24) is 10.2 Å². The number of methoxy groups -OCH3 is 1. The van der Waals surface area contributed by atoms with Crippen LogP contribution in [-0.4, -0.2) is 47.3 Å². The summed E-state index contributed by atoms with van der Waals surface area (Å²) in [6.45, 7) is 2.85. The lowest BCUT2D eigenvalue weighted by Crippen LogP contribution is -2.47. The number of amides is 2. The summed E-state index contributed by atoms with van der Waals surface area (Å²) in [5, 5.41) is 3.38. The Morgan fingerprint density at radius 3 is 2.73 bits per heavy atom. The lowest BCUT2D eigenvalue weighted by atomic mass is 10.1. The zero-order chi connectivity index (χ0) is 21.5. The number of hydrogen-bond donors (Lipinski definition) is 1. The number of thioether (sulfide) groups is 1. The second-order valence-electron chi connectivity index (χ2n) is 6.72. The SMILES string of the molecule is CCNC(=O)C1CC(=O)N(CCc2ccc(OC)cc2)C(=Nc2cccc(Cl)c2)S1. The molecule has 2 aromatic carbocycles. The Hall–Kier alpha value is -2.51. The standard InChI is InChI=1S/C22H24ClN3O3S/c1-3-24-21(28)19-14-20(27)26(12-11-15-7-9-18(29-2)10-8-15)22(30-19)25-17-6-4-5-16(23)13-17/h4-10,13,19H,3,11-12,14H2,1-2H3,(H,24,28). The molecular formula is C22H24ClN3O3S. The average Bonchev–Trinajstić information content (AvgIpc) is 2.73. The van der Waals surface area contributed by atoms with Gasteiger partial charge in [-0.15, -0.1) is 0 Å². The van der Waals surface area contributed by atoms with Crippen LogP contribution in [0.1, 0.15) is 18.9 Å². The van der Waals surface area contributed by atoms with Gasteiger partial charge in [-0.3, -0.25) is 14.5 Å². The van der Waals surface area contributed by atoms with Gasteiger partial charge in [0.05, 0.1) is 18.0 Å². The van der Waals surface area contributed by atoms with Crippen LogP contribution in [0.5, 0.6) is 5.75 Å². The van der Waals surface area contributed by atoms with Gasteiger partial charge in [0, 0.05) is 24.5 Å². The minimum absolute atomic E-state index is 0.112. The van der Waals surface area contributed by atoms with Gasteiger partial charge in [-0.25, -0.2) is 4.99 Å². The average molecular weight is 446 g/mol. The van der Waals surface area contributed by atoms with Crippen molar-refractivity contribution in [3.05, 3.63) is 59.1 Å². The molecule has 0 bridgehead atoms. The molecule has 1 atom stereocenters. The predicted octanol–water partition coefficient (Wildman–Crippen LogP) is 4.05. The van der Waals surface area contributed by atoms with Crippen molar-refractivity contribution < 1.29 is 14.3 Å². The van der Waals surface area contributed by atoms with Gasteiger partial charge in [-0.2, -0.15) is 0 Å².